The summed E-state index contributed by atoms with van der Waals surface area (Å²) in [5.41, 5.74) is 7.76. The zero-order valence-corrected chi connectivity index (χ0v) is 26.7. The van der Waals surface area contributed by atoms with Crippen LogP contribution in [-0.2, 0) is 12.8 Å². The van der Waals surface area contributed by atoms with Crippen molar-refractivity contribution >= 4 is 11.0 Å². The van der Waals surface area contributed by atoms with Crippen molar-refractivity contribution in [3.05, 3.63) is 41.0 Å². The molecule has 0 aliphatic carbocycles. The lowest BCUT2D eigenvalue weighted by Gasteiger charge is -2.19. The smallest absolute Gasteiger partial charge is 0.120 e. The number of aromatic nitrogens is 3. The van der Waals surface area contributed by atoms with Crippen LogP contribution in [-0.4, -0.2) is 20.5 Å². The zero-order valence-electron chi connectivity index (χ0n) is 26.7. The van der Waals surface area contributed by atoms with Crippen LogP contribution in [0.15, 0.2) is 24.3 Å². The maximum atomic E-state index is 11.3. The molecule has 1 aromatic heterocycles. The predicted octanol–water partition coefficient (Wildman–Crippen LogP) is 11.6. The predicted molar refractivity (Wildman–Crippen MR) is 177 cm³/mol. The van der Waals surface area contributed by atoms with Gasteiger partial charge in [0.15, 0.2) is 0 Å². The van der Waals surface area contributed by atoms with Crippen molar-refractivity contribution in [1.29, 1.82) is 0 Å². The van der Waals surface area contributed by atoms with Gasteiger partial charge in [-0.25, -0.2) is 0 Å². The van der Waals surface area contributed by atoms with Crippen molar-refractivity contribution in [1.82, 2.24) is 15.4 Å². The Hall–Kier alpha value is -2.36. The molecule has 41 heavy (non-hydrogen) atoms. The summed E-state index contributed by atoms with van der Waals surface area (Å²) in [5, 5.41) is 22.8. The maximum absolute atomic E-state index is 11.3. The molecule has 4 heteroatoms. The average Bonchev–Trinajstić information content (AvgIpc) is 3.47. The minimum Gasteiger partial charge on any atom is -0.508 e. The van der Waals surface area contributed by atoms with Gasteiger partial charge in [0, 0.05) is 5.56 Å². The maximum Gasteiger partial charge on any atom is 0.120 e. The molecule has 0 unspecified atom stereocenters. The molecule has 3 aromatic rings. The summed E-state index contributed by atoms with van der Waals surface area (Å²) < 4.78 is 0. The number of H-pyrrole nitrogens is 1. The van der Waals surface area contributed by atoms with Crippen molar-refractivity contribution in [3.63, 3.8) is 0 Å². The molecular formula is C37H59N3O. The van der Waals surface area contributed by atoms with E-state index in [9.17, 15) is 5.11 Å². The van der Waals surface area contributed by atoms with Gasteiger partial charge in [-0.15, -0.1) is 0 Å². The lowest BCUT2D eigenvalue weighted by Crippen LogP contribution is -2.02. The van der Waals surface area contributed by atoms with E-state index in [1.54, 1.807) is 0 Å². The van der Waals surface area contributed by atoms with Crippen LogP contribution in [0, 0.1) is 6.92 Å². The monoisotopic (exact) mass is 561 g/mol. The molecule has 0 bridgehead atoms. The highest BCUT2D eigenvalue weighted by molar-refractivity contribution is 5.92. The Bertz CT molecular complexity index is 1120. The van der Waals surface area contributed by atoms with Crippen LogP contribution in [0.25, 0.3) is 22.2 Å². The number of benzene rings is 2. The first-order valence-corrected chi connectivity index (χ1v) is 17.3. The van der Waals surface area contributed by atoms with E-state index in [2.05, 4.69) is 42.2 Å². The third-order valence-electron chi connectivity index (χ3n) is 9.01. The van der Waals surface area contributed by atoms with Crippen LogP contribution in [0.4, 0.5) is 0 Å². The Morgan fingerprint density at radius 1 is 0.585 bits per heavy atom. The van der Waals surface area contributed by atoms with Crippen LogP contribution in [0.1, 0.15) is 159 Å². The van der Waals surface area contributed by atoms with Gasteiger partial charge in [-0.05, 0) is 67.0 Å². The van der Waals surface area contributed by atoms with E-state index in [-0.39, 0.29) is 0 Å². The van der Waals surface area contributed by atoms with Crippen molar-refractivity contribution < 1.29 is 5.11 Å². The first-order chi connectivity index (χ1) is 20.2. The number of phenolic OH excluding ortho intramolecular Hbond substituents is 1. The molecule has 228 valence electrons. The highest BCUT2D eigenvalue weighted by atomic mass is 16.3. The number of aromatic amines is 1. The minimum absolute atomic E-state index is 0.462. The number of nitrogens with one attached hydrogen (secondary N) is 1. The summed E-state index contributed by atoms with van der Waals surface area (Å²) in [5.74, 6) is 0.462. The van der Waals surface area contributed by atoms with Gasteiger partial charge in [0.25, 0.3) is 0 Å². The number of unbranched alkanes of at least 4 members (excludes halogenated alkanes) is 18. The fourth-order valence-corrected chi connectivity index (χ4v) is 6.44. The Balaban J connectivity index is 1.59. The van der Waals surface area contributed by atoms with Crippen molar-refractivity contribution in [3.8, 4) is 16.9 Å². The molecule has 4 nitrogen and oxygen atoms in total. The molecule has 0 saturated carbocycles. The molecular weight excluding hydrogens is 502 g/mol. The topological polar surface area (TPSA) is 61.8 Å². The molecule has 0 atom stereocenters. The molecule has 0 spiro atoms. The quantitative estimate of drug-likeness (QED) is 0.113. The summed E-state index contributed by atoms with van der Waals surface area (Å²) in [6, 6.07) is 8.13. The molecule has 0 amide bonds. The summed E-state index contributed by atoms with van der Waals surface area (Å²) in [6.07, 6.45) is 28.8. The molecule has 2 aromatic carbocycles. The number of rotatable bonds is 23. The number of hydrogen-bond donors (Lipinski definition) is 2. The van der Waals surface area contributed by atoms with E-state index < -0.39 is 0 Å². The molecule has 0 radical (unpaired) electrons. The van der Waals surface area contributed by atoms with E-state index in [1.165, 1.54) is 139 Å². The van der Waals surface area contributed by atoms with Gasteiger partial charge in [0.2, 0.25) is 0 Å². The molecule has 0 aliphatic rings. The number of hydrogen-bond acceptors (Lipinski definition) is 3. The fraction of sp³-hybridized carbons (Fsp3) is 0.676. The highest BCUT2D eigenvalue weighted by Crippen LogP contribution is 2.38. The number of para-hydroxylation sites is 1. The second kappa shape index (κ2) is 19.7. The second-order valence-corrected chi connectivity index (χ2v) is 12.4. The Labute approximate surface area is 251 Å². The largest absolute Gasteiger partial charge is 0.508 e. The van der Waals surface area contributed by atoms with Crippen LogP contribution in [0.5, 0.6) is 5.75 Å². The third-order valence-corrected chi connectivity index (χ3v) is 9.01. The van der Waals surface area contributed by atoms with Crippen LogP contribution < -0.4 is 0 Å². The standard InChI is InChI=1S/C37H59N3O/c1-4-6-8-10-12-14-16-18-20-22-25-31-30(3)34(33-27-24-28-35-37(33)39-40-38-35)29-36(41)32(31)26-23-21-19-17-15-13-11-9-7-5-2/h24,27-29,41H,4-23,25-26H2,1-3H3,(H,38,39,40). The van der Waals surface area contributed by atoms with Gasteiger partial charge in [-0.1, -0.05) is 142 Å². The summed E-state index contributed by atoms with van der Waals surface area (Å²) in [4.78, 5) is 0. The number of phenols is 1. The van der Waals surface area contributed by atoms with E-state index in [4.69, 9.17) is 0 Å². The normalized spacial score (nSPS) is 11.6. The third kappa shape index (κ3) is 11.1. The summed E-state index contributed by atoms with van der Waals surface area (Å²) in [7, 11) is 0. The van der Waals surface area contributed by atoms with Gasteiger partial charge < -0.3 is 5.11 Å². The van der Waals surface area contributed by atoms with Gasteiger partial charge in [0.05, 0.1) is 0 Å². The molecule has 0 aliphatic heterocycles. The van der Waals surface area contributed by atoms with Gasteiger partial charge in [0.1, 0.15) is 16.8 Å². The number of aromatic hydroxyl groups is 1. The van der Waals surface area contributed by atoms with E-state index in [1.807, 2.05) is 18.2 Å². The molecule has 2 N–H and O–H groups in total. The van der Waals surface area contributed by atoms with E-state index >= 15 is 0 Å². The van der Waals surface area contributed by atoms with Crippen LogP contribution >= 0.6 is 0 Å². The fourth-order valence-electron chi connectivity index (χ4n) is 6.44. The minimum atomic E-state index is 0.462. The zero-order chi connectivity index (χ0) is 29.1. The van der Waals surface area contributed by atoms with Crippen molar-refractivity contribution in [2.45, 2.75) is 162 Å². The molecule has 3 rings (SSSR count). The van der Waals surface area contributed by atoms with Crippen molar-refractivity contribution in [2.24, 2.45) is 0 Å². The molecule has 0 fully saturated rings. The average molecular weight is 562 g/mol. The SMILES string of the molecule is CCCCCCCCCCCCc1c(O)cc(-c2cccc3n[nH]nc23)c(C)c1CCCCCCCCCCCC. The summed E-state index contributed by atoms with van der Waals surface area (Å²) in [6.45, 7) is 6.82. The molecule has 1 heterocycles. The first kappa shape index (κ1) is 33.1. The first-order valence-electron chi connectivity index (χ1n) is 17.3. The molecule has 0 saturated heterocycles. The lowest BCUT2D eigenvalue weighted by atomic mass is 9.87. The van der Waals surface area contributed by atoms with Crippen LogP contribution in [0.2, 0.25) is 0 Å². The van der Waals surface area contributed by atoms with Gasteiger partial charge in [-0.3, -0.25) is 0 Å². The second-order valence-electron chi connectivity index (χ2n) is 12.4. The Kier molecular flexibility index (Phi) is 15.9. The Morgan fingerprint density at radius 2 is 1.07 bits per heavy atom. The Morgan fingerprint density at radius 3 is 1.61 bits per heavy atom. The lowest BCUT2D eigenvalue weighted by molar-refractivity contribution is 0.464. The summed E-state index contributed by atoms with van der Waals surface area (Å²) >= 11 is 0. The van der Waals surface area contributed by atoms with Crippen molar-refractivity contribution in [2.75, 3.05) is 0 Å². The number of nitrogens with zero attached hydrogens (tertiary/aromatic N) is 2. The van der Waals surface area contributed by atoms with Gasteiger partial charge >= 0.3 is 0 Å². The van der Waals surface area contributed by atoms with Gasteiger partial charge in [-0.2, -0.15) is 15.4 Å². The van der Waals surface area contributed by atoms with E-state index in [0.717, 1.165) is 41.4 Å². The van der Waals surface area contributed by atoms with E-state index in [0.29, 0.717) is 5.75 Å². The van der Waals surface area contributed by atoms with Crippen LogP contribution in [0.3, 0.4) is 0 Å². The highest BCUT2D eigenvalue weighted by Gasteiger charge is 2.18. The number of fused-ring (bicyclic) bond motifs is 1.